The van der Waals surface area contributed by atoms with Crippen molar-refractivity contribution in [2.45, 2.75) is 33.2 Å². The zero-order chi connectivity index (χ0) is 13.8. The van der Waals surface area contributed by atoms with Crippen molar-refractivity contribution in [2.24, 2.45) is 0 Å². The van der Waals surface area contributed by atoms with Gasteiger partial charge in [-0.2, -0.15) is 0 Å². The summed E-state index contributed by atoms with van der Waals surface area (Å²) < 4.78 is 14.6. The van der Waals surface area contributed by atoms with Gasteiger partial charge in [0, 0.05) is 18.2 Å². The van der Waals surface area contributed by atoms with Gasteiger partial charge in [-0.25, -0.2) is 9.37 Å². The highest BCUT2D eigenvalue weighted by Gasteiger charge is 2.08. The van der Waals surface area contributed by atoms with Crippen molar-refractivity contribution in [3.05, 3.63) is 63.6 Å². The van der Waals surface area contributed by atoms with Gasteiger partial charge < -0.3 is 0 Å². The molecule has 4 heteroatoms. The molecule has 2 aromatic rings. The van der Waals surface area contributed by atoms with Gasteiger partial charge in [-0.1, -0.05) is 26.0 Å². The molecule has 19 heavy (non-hydrogen) atoms. The summed E-state index contributed by atoms with van der Waals surface area (Å²) in [5, 5.41) is 0. The fourth-order valence-electron chi connectivity index (χ4n) is 2.03. The molecule has 0 N–H and O–H groups in total. The third-order valence-electron chi connectivity index (χ3n) is 3.15. The van der Waals surface area contributed by atoms with Gasteiger partial charge in [-0.15, -0.1) is 0 Å². The van der Waals surface area contributed by atoms with E-state index in [9.17, 15) is 9.18 Å². The lowest BCUT2D eigenvalue weighted by atomic mass is 10.2. The van der Waals surface area contributed by atoms with E-state index in [1.807, 2.05) is 13.8 Å². The molecule has 0 amide bonds. The van der Waals surface area contributed by atoms with Gasteiger partial charge in [-0.05, 0) is 24.1 Å². The molecule has 0 unspecified atom stereocenters. The maximum absolute atomic E-state index is 12.9. The molecule has 0 aliphatic heterocycles. The normalized spacial score (nSPS) is 10.7. The second kappa shape index (κ2) is 5.78. The van der Waals surface area contributed by atoms with E-state index >= 15 is 0 Å². The molecule has 1 aromatic carbocycles. The van der Waals surface area contributed by atoms with E-state index in [0.29, 0.717) is 24.9 Å². The number of hydrogen-bond acceptors (Lipinski definition) is 2. The van der Waals surface area contributed by atoms with E-state index in [-0.39, 0.29) is 11.4 Å². The molecule has 0 fully saturated rings. The predicted octanol–water partition coefficient (Wildman–Crippen LogP) is 2.56. The minimum Gasteiger partial charge on any atom is -0.292 e. The van der Waals surface area contributed by atoms with Gasteiger partial charge in [0.25, 0.3) is 5.56 Å². The summed E-state index contributed by atoms with van der Waals surface area (Å²) in [5.41, 5.74) is 1.60. The van der Waals surface area contributed by atoms with Crippen LogP contribution in [0.1, 0.15) is 30.8 Å². The van der Waals surface area contributed by atoms with Gasteiger partial charge in [-0.3, -0.25) is 9.36 Å². The lowest BCUT2D eigenvalue weighted by Gasteiger charge is -2.12. The van der Waals surface area contributed by atoms with E-state index in [2.05, 4.69) is 4.98 Å². The van der Waals surface area contributed by atoms with Crippen molar-refractivity contribution in [2.75, 3.05) is 0 Å². The number of halogens is 1. The van der Waals surface area contributed by atoms with Gasteiger partial charge in [0.05, 0.1) is 6.54 Å². The largest absolute Gasteiger partial charge is 0.292 e. The maximum Gasteiger partial charge on any atom is 0.256 e. The SMILES string of the molecule is CCc1cnc(CC)n(Cc2ccc(F)cc2)c1=O. The molecule has 0 spiro atoms. The zero-order valence-corrected chi connectivity index (χ0v) is 11.2. The van der Waals surface area contributed by atoms with Crippen molar-refractivity contribution in [1.29, 1.82) is 0 Å². The van der Waals surface area contributed by atoms with Crippen LogP contribution in [0.3, 0.4) is 0 Å². The number of hydrogen-bond donors (Lipinski definition) is 0. The minimum absolute atomic E-state index is 0.00123. The topological polar surface area (TPSA) is 34.9 Å². The van der Waals surface area contributed by atoms with Crippen LogP contribution < -0.4 is 5.56 Å². The van der Waals surface area contributed by atoms with Gasteiger partial charge >= 0.3 is 0 Å². The first kappa shape index (κ1) is 13.5. The van der Waals surface area contributed by atoms with Crippen LogP contribution in [-0.4, -0.2) is 9.55 Å². The number of benzene rings is 1. The molecule has 0 saturated heterocycles. The van der Waals surface area contributed by atoms with E-state index in [1.165, 1.54) is 12.1 Å². The van der Waals surface area contributed by atoms with Crippen molar-refractivity contribution >= 4 is 0 Å². The fourth-order valence-corrected chi connectivity index (χ4v) is 2.03. The predicted molar refractivity (Wildman–Crippen MR) is 72.8 cm³/mol. The molecule has 0 aliphatic carbocycles. The van der Waals surface area contributed by atoms with Crippen LogP contribution in [0.4, 0.5) is 4.39 Å². The number of nitrogens with zero attached hydrogens (tertiary/aromatic N) is 2. The molecule has 0 radical (unpaired) electrons. The fraction of sp³-hybridized carbons (Fsp3) is 0.333. The summed E-state index contributed by atoms with van der Waals surface area (Å²) in [7, 11) is 0. The third-order valence-corrected chi connectivity index (χ3v) is 3.15. The molecule has 100 valence electrons. The second-order valence-electron chi connectivity index (χ2n) is 4.42. The Morgan fingerprint density at radius 1 is 1.16 bits per heavy atom. The van der Waals surface area contributed by atoms with Gasteiger partial charge in [0.15, 0.2) is 0 Å². The van der Waals surface area contributed by atoms with Crippen LogP contribution in [0, 0.1) is 5.82 Å². The highest BCUT2D eigenvalue weighted by Crippen LogP contribution is 2.06. The highest BCUT2D eigenvalue weighted by molar-refractivity contribution is 5.18. The monoisotopic (exact) mass is 260 g/mol. The standard InChI is InChI=1S/C15H17FN2O/c1-3-12-9-17-14(4-2)18(15(12)19)10-11-5-7-13(16)8-6-11/h5-9H,3-4,10H2,1-2H3. The van der Waals surface area contributed by atoms with Crippen molar-refractivity contribution in [3.8, 4) is 0 Å². The maximum atomic E-state index is 12.9. The molecule has 2 rings (SSSR count). The molecular formula is C15H17FN2O. The van der Waals surface area contributed by atoms with Gasteiger partial charge in [0.1, 0.15) is 11.6 Å². The Labute approximate surface area is 111 Å². The molecule has 1 heterocycles. The first-order chi connectivity index (χ1) is 9.15. The Bertz CT molecular complexity index is 617. The Morgan fingerprint density at radius 2 is 1.84 bits per heavy atom. The number of aryl methyl sites for hydroxylation is 2. The molecule has 0 saturated carbocycles. The summed E-state index contributed by atoms with van der Waals surface area (Å²) in [4.78, 5) is 16.6. The minimum atomic E-state index is -0.271. The quantitative estimate of drug-likeness (QED) is 0.846. The Hall–Kier alpha value is -1.97. The van der Waals surface area contributed by atoms with Crippen LogP contribution in [0.15, 0.2) is 35.3 Å². The second-order valence-corrected chi connectivity index (χ2v) is 4.42. The lowest BCUT2D eigenvalue weighted by Crippen LogP contribution is -2.28. The molecular weight excluding hydrogens is 243 g/mol. The van der Waals surface area contributed by atoms with Crippen LogP contribution >= 0.6 is 0 Å². The van der Waals surface area contributed by atoms with E-state index in [4.69, 9.17) is 0 Å². The van der Waals surface area contributed by atoms with E-state index in [1.54, 1.807) is 22.9 Å². The van der Waals surface area contributed by atoms with Crippen LogP contribution in [0.5, 0.6) is 0 Å². The zero-order valence-electron chi connectivity index (χ0n) is 11.2. The van der Waals surface area contributed by atoms with E-state index < -0.39 is 0 Å². The number of aromatic nitrogens is 2. The first-order valence-corrected chi connectivity index (χ1v) is 6.47. The average Bonchev–Trinajstić information content (AvgIpc) is 2.43. The Balaban J connectivity index is 2.43. The summed E-state index contributed by atoms with van der Waals surface area (Å²) in [6.45, 7) is 4.34. The average molecular weight is 260 g/mol. The van der Waals surface area contributed by atoms with Gasteiger partial charge in [0.2, 0.25) is 0 Å². The Kier molecular flexibility index (Phi) is 4.10. The molecule has 0 atom stereocenters. The first-order valence-electron chi connectivity index (χ1n) is 6.47. The van der Waals surface area contributed by atoms with Crippen LogP contribution in [0.25, 0.3) is 0 Å². The molecule has 0 aliphatic rings. The highest BCUT2D eigenvalue weighted by atomic mass is 19.1. The number of rotatable bonds is 4. The smallest absolute Gasteiger partial charge is 0.256 e. The van der Waals surface area contributed by atoms with Crippen LogP contribution in [0.2, 0.25) is 0 Å². The van der Waals surface area contributed by atoms with E-state index in [0.717, 1.165) is 11.4 Å². The third kappa shape index (κ3) is 2.89. The lowest BCUT2D eigenvalue weighted by molar-refractivity contribution is 0.623. The summed E-state index contributed by atoms with van der Waals surface area (Å²) in [6, 6.07) is 6.20. The Morgan fingerprint density at radius 3 is 2.42 bits per heavy atom. The molecule has 0 bridgehead atoms. The molecule has 3 nitrogen and oxygen atoms in total. The van der Waals surface area contributed by atoms with Crippen LogP contribution in [-0.2, 0) is 19.4 Å². The van der Waals surface area contributed by atoms with Crippen molar-refractivity contribution in [1.82, 2.24) is 9.55 Å². The summed E-state index contributed by atoms with van der Waals surface area (Å²) in [6.07, 6.45) is 3.02. The molecule has 1 aromatic heterocycles. The van der Waals surface area contributed by atoms with Crippen molar-refractivity contribution in [3.63, 3.8) is 0 Å². The summed E-state index contributed by atoms with van der Waals surface area (Å²) in [5.74, 6) is 0.485. The van der Waals surface area contributed by atoms with Crippen molar-refractivity contribution < 1.29 is 4.39 Å². The summed E-state index contributed by atoms with van der Waals surface area (Å²) >= 11 is 0.